The lowest BCUT2D eigenvalue weighted by molar-refractivity contribution is -0.0825. The number of ether oxygens (including phenoxy) is 3. The molecule has 22 heavy (non-hydrogen) atoms. The van der Waals surface area contributed by atoms with Crippen LogP contribution in [0, 0.1) is 0 Å². The fourth-order valence-electron chi connectivity index (χ4n) is 1.05. The normalized spacial score (nSPS) is 17.9. The first kappa shape index (κ1) is 24.0. The Bertz CT molecular complexity index is 224. The molecule has 7 nitrogen and oxygen atoms in total. The minimum absolute atomic E-state index is 0.0145. The van der Waals surface area contributed by atoms with Crippen molar-refractivity contribution in [3.63, 3.8) is 0 Å². The largest absolute Gasteiger partial charge is 0.394 e. The van der Waals surface area contributed by atoms with Crippen LogP contribution in [0.2, 0.25) is 0 Å². The summed E-state index contributed by atoms with van der Waals surface area (Å²) in [6.45, 7) is 9.92. The second-order valence-corrected chi connectivity index (χ2v) is 5.50. The Balaban J connectivity index is 0. The van der Waals surface area contributed by atoms with Crippen LogP contribution in [0.25, 0.3) is 0 Å². The van der Waals surface area contributed by atoms with Crippen molar-refractivity contribution >= 4 is 0 Å². The molecule has 0 radical (unpaired) electrons. The number of aliphatic hydroxyl groups is 4. The van der Waals surface area contributed by atoms with Crippen LogP contribution in [0.1, 0.15) is 34.6 Å². The van der Waals surface area contributed by atoms with E-state index in [0.29, 0.717) is 19.8 Å². The zero-order valence-electron chi connectivity index (χ0n) is 14.4. The highest BCUT2D eigenvalue weighted by Gasteiger charge is 2.09. The van der Waals surface area contributed by atoms with Gasteiger partial charge in [0.05, 0.1) is 63.6 Å². The van der Waals surface area contributed by atoms with Crippen molar-refractivity contribution in [2.24, 2.45) is 0 Å². The molecule has 4 N–H and O–H groups in total. The highest BCUT2D eigenvalue weighted by atomic mass is 16.6. The average Bonchev–Trinajstić information content (AvgIpc) is 2.48. The Morgan fingerprint density at radius 3 is 1.27 bits per heavy atom. The fourth-order valence-corrected chi connectivity index (χ4v) is 1.05. The van der Waals surface area contributed by atoms with Crippen molar-refractivity contribution in [3.05, 3.63) is 0 Å². The molecule has 0 aromatic heterocycles. The van der Waals surface area contributed by atoms with Gasteiger partial charge in [-0.05, 0) is 34.6 Å². The van der Waals surface area contributed by atoms with E-state index in [1.54, 1.807) is 13.8 Å². The summed E-state index contributed by atoms with van der Waals surface area (Å²) in [6.07, 6.45) is -1.27. The molecule has 0 aromatic rings. The van der Waals surface area contributed by atoms with Crippen LogP contribution in [-0.2, 0) is 14.2 Å². The molecular weight excluding hydrogens is 292 g/mol. The third kappa shape index (κ3) is 19.7. The first-order chi connectivity index (χ1) is 10.2. The van der Waals surface area contributed by atoms with Gasteiger partial charge < -0.3 is 34.6 Å². The maximum absolute atomic E-state index is 9.04. The third-order valence-corrected chi connectivity index (χ3v) is 2.37. The van der Waals surface area contributed by atoms with Gasteiger partial charge in [-0.3, -0.25) is 0 Å². The summed E-state index contributed by atoms with van der Waals surface area (Å²) < 4.78 is 16.2. The van der Waals surface area contributed by atoms with Crippen LogP contribution in [0.4, 0.5) is 0 Å². The van der Waals surface area contributed by atoms with E-state index in [-0.39, 0.29) is 31.5 Å². The van der Waals surface area contributed by atoms with Gasteiger partial charge in [-0.15, -0.1) is 0 Å². The summed E-state index contributed by atoms with van der Waals surface area (Å²) in [5.41, 5.74) is 0. The van der Waals surface area contributed by atoms with E-state index in [9.17, 15) is 0 Å². The lowest BCUT2D eigenvalue weighted by Gasteiger charge is -2.19. The van der Waals surface area contributed by atoms with Gasteiger partial charge in [-0.1, -0.05) is 0 Å². The molecule has 0 saturated heterocycles. The summed E-state index contributed by atoms with van der Waals surface area (Å²) in [6, 6.07) is 0. The van der Waals surface area contributed by atoms with Crippen molar-refractivity contribution in [2.75, 3.05) is 33.0 Å². The topological polar surface area (TPSA) is 109 Å². The maximum Gasteiger partial charge on any atom is 0.0781 e. The molecule has 0 rings (SSSR count). The lowest BCUT2D eigenvalue weighted by atomic mass is 10.3. The molecule has 0 aliphatic heterocycles. The van der Waals surface area contributed by atoms with E-state index in [1.165, 1.54) is 6.92 Å². The molecule has 0 aromatic carbocycles. The van der Waals surface area contributed by atoms with Gasteiger partial charge >= 0.3 is 0 Å². The van der Waals surface area contributed by atoms with Crippen LogP contribution in [0.5, 0.6) is 0 Å². The highest BCUT2D eigenvalue weighted by molar-refractivity contribution is 4.55. The Morgan fingerprint density at radius 1 is 0.591 bits per heavy atom. The number of rotatable bonds is 11. The lowest BCUT2D eigenvalue weighted by Crippen LogP contribution is -2.27. The summed E-state index contributed by atoms with van der Waals surface area (Å²) in [4.78, 5) is 0. The highest BCUT2D eigenvalue weighted by Crippen LogP contribution is 2.00. The molecule has 5 atom stereocenters. The Morgan fingerprint density at radius 2 is 0.955 bits per heavy atom. The first-order valence-electron chi connectivity index (χ1n) is 7.65. The van der Waals surface area contributed by atoms with Crippen molar-refractivity contribution in [1.82, 2.24) is 0 Å². The molecule has 0 saturated carbocycles. The quantitative estimate of drug-likeness (QED) is 0.421. The van der Waals surface area contributed by atoms with Gasteiger partial charge in [0.1, 0.15) is 0 Å². The molecule has 0 heterocycles. The standard InChI is InChI=1S/C12H26O5.C3H8O2/c1-9(14)6-15-11(3)8-17-12(4)7-16-10(2)5-13;1-3(5)2-4/h9-14H,5-8H2,1-4H3;3-5H,2H2,1H3. The number of hydrogen-bond acceptors (Lipinski definition) is 7. The van der Waals surface area contributed by atoms with Gasteiger partial charge in [0, 0.05) is 0 Å². The van der Waals surface area contributed by atoms with Gasteiger partial charge in [0.15, 0.2) is 0 Å². The van der Waals surface area contributed by atoms with Crippen LogP contribution in [0.15, 0.2) is 0 Å². The van der Waals surface area contributed by atoms with E-state index < -0.39 is 12.2 Å². The van der Waals surface area contributed by atoms with E-state index in [1.807, 2.05) is 13.8 Å². The summed E-state index contributed by atoms with van der Waals surface area (Å²) >= 11 is 0. The van der Waals surface area contributed by atoms with Crippen LogP contribution in [-0.4, -0.2) is 84.0 Å². The molecule has 0 amide bonds. The molecule has 7 heteroatoms. The predicted molar refractivity (Wildman–Crippen MR) is 83.8 cm³/mol. The molecule has 0 fully saturated rings. The van der Waals surface area contributed by atoms with Crippen LogP contribution >= 0.6 is 0 Å². The molecule has 136 valence electrons. The van der Waals surface area contributed by atoms with E-state index in [0.717, 1.165) is 0 Å². The zero-order valence-corrected chi connectivity index (χ0v) is 14.4. The predicted octanol–water partition coefficient (Wildman–Crippen LogP) is -0.0657. The van der Waals surface area contributed by atoms with E-state index in [4.69, 9.17) is 34.6 Å². The minimum atomic E-state index is -0.560. The number of aliphatic hydroxyl groups excluding tert-OH is 4. The van der Waals surface area contributed by atoms with Gasteiger partial charge in [-0.25, -0.2) is 0 Å². The maximum atomic E-state index is 9.04. The molecule has 5 unspecified atom stereocenters. The number of hydrogen-bond donors (Lipinski definition) is 4. The fraction of sp³-hybridized carbons (Fsp3) is 1.00. The van der Waals surface area contributed by atoms with Crippen LogP contribution < -0.4 is 0 Å². The van der Waals surface area contributed by atoms with Gasteiger partial charge in [0.2, 0.25) is 0 Å². The second kappa shape index (κ2) is 15.6. The molecule has 0 bridgehead atoms. The minimum Gasteiger partial charge on any atom is -0.394 e. The van der Waals surface area contributed by atoms with E-state index in [2.05, 4.69) is 0 Å². The summed E-state index contributed by atoms with van der Waals surface area (Å²) in [5, 5.41) is 33.8. The zero-order chi connectivity index (χ0) is 17.5. The first-order valence-corrected chi connectivity index (χ1v) is 7.65. The Labute approximate surface area is 133 Å². The third-order valence-electron chi connectivity index (χ3n) is 2.37. The summed E-state index contributed by atoms with van der Waals surface area (Å²) in [5.74, 6) is 0. The van der Waals surface area contributed by atoms with E-state index >= 15 is 0 Å². The van der Waals surface area contributed by atoms with Crippen molar-refractivity contribution in [1.29, 1.82) is 0 Å². The summed E-state index contributed by atoms with van der Waals surface area (Å²) in [7, 11) is 0. The van der Waals surface area contributed by atoms with Crippen molar-refractivity contribution < 1.29 is 34.6 Å². The molecule has 0 aliphatic carbocycles. The monoisotopic (exact) mass is 326 g/mol. The van der Waals surface area contributed by atoms with Crippen LogP contribution in [0.3, 0.4) is 0 Å². The molecular formula is C15H34O7. The second-order valence-electron chi connectivity index (χ2n) is 5.50. The Hall–Kier alpha value is -0.280. The average molecular weight is 326 g/mol. The van der Waals surface area contributed by atoms with Gasteiger partial charge in [-0.2, -0.15) is 0 Å². The van der Waals surface area contributed by atoms with Gasteiger partial charge in [0.25, 0.3) is 0 Å². The molecule has 0 spiro atoms. The van der Waals surface area contributed by atoms with Crippen molar-refractivity contribution in [3.8, 4) is 0 Å². The Kier molecular flexibility index (Phi) is 17.0. The SMILES string of the molecule is CC(O)CO.CC(O)COC(C)COC(C)COC(C)CO. The molecule has 0 aliphatic rings. The smallest absolute Gasteiger partial charge is 0.0781 e. The van der Waals surface area contributed by atoms with Crippen molar-refractivity contribution in [2.45, 2.75) is 65.1 Å².